The van der Waals surface area contributed by atoms with Crippen molar-refractivity contribution in [3.05, 3.63) is 28.3 Å². The number of hydrogen-bond donors (Lipinski definition) is 1. The van der Waals surface area contributed by atoms with Crippen LogP contribution in [0.2, 0.25) is 0 Å². The molecule has 142 valence electrons. The van der Waals surface area contributed by atoms with Gasteiger partial charge in [0.15, 0.2) is 5.82 Å². The molecule has 0 radical (unpaired) electrons. The maximum absolute atomic E-state index is 12.3. The smallest absolute Gasteiger partial charge is 0.277 e. The number of aromatic nitrogens is 3. The van der Waals surface area contributed by atoms with Crippen LogP contribution in [0.3, 0.4) is 0 Å². The van der Waals surface area contributed by atoms with Gasteiger partial charge in [-0.05, 0) is 50.7 Å². The van der Waals surface area contributed by atoms with E-state index in [0.29, 0.717) is 22.7 Å². The number of anilines is 1. The number of amides is 1. The summed E-state index contributed by atoms with van der Waals surface area (Å²) < 4.78 is 10.7. The van der Waals surface area contributed by atoms with E-state index in [1.165, 1.54) is 28.6 Å². The molecule has 3 aromatic heterocycles. The van der Waals surface area contributed by atoms with Crippen LogP contribution in [-0.4, -0.2) is 26.5 Å². The second kappa shape index (κ2) is 7.47. The molecule has 3 aromatic rings. The summed E-state index contributed by atoms with van der Waals surface area (Å²) in [6.45, 7) is 5.83. The number of nitrogens with zero attached hydrogens (tertiary/aromatic N) is 3. The zero-order chi connectivity index (χ0) is 19.0. The Morgan fingerprint density at radius 2 is 2.26 bits per heavy atom. The maximum atomic E-state index is 12.3. The van der Waals surface area contributed by atoms with Crippen molar-refractivity contribution in [1.82, 2.24) is 15.4 Å². The predicted octanol–water partition coefficient (Wildman–Crippen LogP) is 4.34. The molecule has 2 atom stereocenters. The summed E-state index contributed by atoms with van der Waals surface area (Å²) in [6, 6.07) is 3.83. The Labute approximate surface area is 164 Å². The number of thioether (sulfide) groups is 1. The SMILES string of the molecule is Cc1cc(NC(=O)[C@H](C)Sc2nnc(-c3cc4c(s3)CC[C@@H](C)C4)o2)no1. The number of nitrogens with one attached hydrogen (secondary N) is 1. The molecule has 7 nitrogen and oxygen atoms in total. The number of thiophene rings is 1. The molecule has 3 heterocycles. The van der Waals surface area contributed by atoms with Crippen LogP contribution >= 0.6 is 23.1 Å². The van der Waals surface area contributed by atoms with E-state index >= 15 is 0 Å². The fourth-order valence-electron chi connectivity index (χ4n) is 3.03. The largest absolute Gasteiger partial charge is 0.410 e. The first-order valence-electron chi connectivity index (χ1n) is 8.84. The standard InChI is InChI=1S/C18H20N4O3S2/c1-9-4-5-13-12(6-9)8-14(27-13)17-20-21-18(24-17)26-11(3)16(23)19-15-7-10(2)25-22-15/h7-9,11H,4-6H2,1-3H3,(H,19,22,23)/t9-,11+/m1/s1. The highest BCUT2D eigenvalue weighted by Gasteiger charge is 2.23. The normalized spacial score (nSPS) is 17.5. The lowest BCUT2D eigenvalue weighted by molar-refractivity contribution is -0.115. The molecule has 1 aliphatic carbocycles. The van der Waals surface area contributed by atoms with E-state index < -0.39 is 5.25 Å². The molecule has 1 amide bonds. The van der Waals surface area contributed by atoms with Crippen molar-refractivity contribution in [3.63, 3.8) is 0 Å². The molecule has 0 spiro atoms. The molecular weight excluding hydrogens is 384 g/mol. The molecule has 4 rings (SSSR count). The van der Waals surface area contributed by atoms with Crippen molar-refractivity contribution in [2.45, 2.75) is 50.5 Å². The summed E-state index contributed by atoms with van der Waals surface area (Å²) in [4.78, 5) is 14.7. The zero-order valence-electron chi connectivity index (χ0n) is 15.3. The molecule has 0 saturated carbocycles. The molecule has 27 heavy (non-hydrogen) atoms. The van der Waals surface area contributed by atoms with Crippen molar-refractivity contribution in [2.75, 3.05) is 5.32 Å². The van der Waals surface area contributed by atoms with E-state index in [9.17, 15) is 4.79 Å². The van der Waals surface area contributed by atoms with Crippen LogP contribution in [0.5, 0.6) is 0 Å². The van der Waals surface area contributed by atoms with E-state index in [1.54, 1.807) is 31.3 Å². The number of aryl methyl sites for hydroxylation is 2. The highest BCUT2D eigenvalue weighted by Crippen LogP contribution is 2.37. The maximum Gasteiger partial charge on any atom is 0.277 e. The monoisotopic (exact) mass is 404 g/mol. The summed E-state index contributed by atoms with van der Waals surface area (Å²) >= 11 is 2.95. The van der Waals surface area contributed by atoms with Crippen LogP contribution in [0.15, 0.2) is 26.3 Å². The minimum absolute atomic E-state index is 0.200. The van der Waals surface area contributed by atoms with Gasteiger partial charge in [0.2, 0.25) is 5.91 Å². The third-order valence-electron chi connectivity index (χ3n) is 4.47. The average Bonchev–Trinajstić information content (AvgIpc) is 3.34. The molecule has 0 aliphatic heterocycles. The van der Waals surface area contributed by atoms with Gasteiger partial charge < -0.3 is 14.3 Å². The van der Waals surface area contributed by atoms with E-state index in [-0.39, 0.29) is 5.91 Å². The predicted molar refractivity (Wildman–Crippen MR) is 104 cm³/mol. The molecule has 1 aliphatic rings. The van der Waals surface area contributed by atoms with Gasteiger partial charge in [0.05, 0.1) is 10.1 Å². The first-order valence-corrected chi connectivity index (χ1v) is 10.5. The number of hydrogen-bond acceptors (Lipinski definition) is 8. The van der Waals surface area contributed by atoms with Crippen molar-refractivity contribution in [2.24, 2.45) is 5.92 Å². The second-order valence-electron chi connectivity index (χ2n) is 6.85. The Bertz CT molecular complexity index is 962. The average molecular weight is 405 g/mol. The molecule has 0 saturated heterocycles. The molecule has 0 unspecified atom stereocenters. The summed E-state index contributed by atoms with van der Waals surface area (Å²) in [5, 5.41) is 14.7. The Morgan fingerprint density at radius 3 is 3.04 bits per heavy atom. The van der Waals surface area contributed by atoms with Crippen LogP contribution in [0.25, 0.3) is 10.8 Å². The van der Waals surface area contributed by atoms with Gasteiger partial charge in [-0.25, -0.2) is 0 Å². The molecule has 0 aromatic carbocycles. The van der Waals surface area contributed by atoms with Crippen molar-refractivity contribution < 1.29 is 13.7 Å². The molecule has 9 heteroatoms. The van der Waals surface area contributed by atoms with Crippen LogP contribution in [-0.2, 0) is 17.6 Å². The number of carbonyl (C=O) groups is 1. The van der Waals surface area contributed by atoms with Gasteiger partial charge in [0.1, 0.15) is 5.76 Å². The zero-order valence-corrected chi connectivity index (χ0v) is 16.9. The highest BCUT2D eigenvalue weighted by atomic mass is 32.2. The minimum atomic E-state index is -0.410. The summed E-state index contributed by atoms with van der Waals surface area (Å²) in [5.74, 6) is 2.08. The number of rotatable bonds is 5. The molecular formula is C18H20N4O3S2. The van der Waals surface area contributed by atoms with Crippen molar-refractivity contribution in [1.29, 1.82) is 0 Å². The van der Waals surface area contributed by atoms with Gasteiger partial charge >= 0.3 is 0 Å². The Balaban J connectivity index is 1.41. The fourth-order valence-corrected chi connectivity index (χ4v) is 4.84. The topological polar surface area (TPSA) is 94.1 Å². The minimum Gasteiger partial charge on any atom is -0.410 e. The first-order chi connectivity index (χ1) is 13.0. The lowest BCUT2D eigenvalue weighted by atomic mass is 9.90. The number of carbonyl (C=O) groups excluding carboxylic acids is 1. The van der Waals surface area contributed by atoms with Gasteiger partial charge in [-0.1, -0.05) is 23.8 Å². The molecule has 0 bridgehead atoms. The van der Waals surface area contributed by atoms with Gasteiger partial charge in [0.25, 0.3) is 11.1 Å². The van der Waals surface area contributed by atoms with Crippen LogP contribution in [0.1, 0.15) is 36.5 Å². The second-order valence-corrected chi connectivity index (χ2v) is 9.28. The summed E-state index contributed by atoms with van der Waals surface area (Å²) in [7, 11) is 0. The third-order valence-corrected chi connectivity index (χ3v) is 6.63. The van der Waals surface area contributed by atoms with Gasteiger partial charge in [0, 0.05) is 10.9 Å². The van der Waals surface area contributed by atoms with E-state index in [0.717, 1.165) is 23.6 Å². The van der Waals surface area contributed by atoms with Crippen LogP contribution < -0.4 is 5.32 Å². The summed E-state index contributed by atoms with van der Waals surface area (Å²) in [5.41, 5.74) is 1.40. The Hall–Kier alpha value is -2.13. The first kappa shape index (κ1) is 18.2. The number of fused-ring (bicyclic) bond motifs is 1. The van der Waals surface area contributed by atoms with Gasteiger partial charge in [-0.15, -0.1) is 21.5 Å². The van der Waals surface area contributed by atoms with E-state index in [4.69, 9.17) is 8.94 Å². The van der Waals surface area contributed by atoms with E-state index in [2.05, 4.69) is 33.7 Å². The molecule has 1 N–H and O–H groups in total. The Morgan fingerprint density at radius 1 is 1.41 bits per heavy atom. The van der Waals surface area contributed by atoms with Crippen molar-refractivity contribution >= 4 is 34.8 Å². The van der Waals surface area contributed by atoms with Gasteiger partial charge in [-0.3, -0.25) is 4.79 Å². The third kappa shape index (κ3) is 4.08. The lowest BCUT2D eigenvalue weighted by Gasteiger charge is -2.16. The Kier molecular flexibility index (Phi) is 5.05. The van der Waals surface area contributed by atoms with Gasteiger partial charge in [-0.2, -0.15) is 0 Å². The van der Waals surface area contributed by atoms with E-state index in [1.807, 2.05) is 0 Å². The molecule has 0 fully saturated rings. The fraction of sp³-hybridized carbons (Fsp3) is 0.444. The summed E-state index contributed by atoms with van der Waals surface area (Å²) in [6.07, 6.45) is 3.46. The lowest BCUT2D eigenvalue weighted by Crippen LogP contribution is -2.22. The highest BCUT2D eigenvalue weighted by molar-refractivity contribution is 8.00. The van der Waals surface area contributed by atoms with Crippen LogP contribution in [0.4, 0.5) is 5.82 Å². The van der Waals surface area contributed by atoms with Crippen molar-refractivity contribution in [3.8, 4) is 10.8 Å². The quantitative estimate of drug-likeness (QED) is 0.632. The van der Waals surface area contributed by atoms with Crippen LogP contribution in [0, 0.1) is 12.8 Å².